The van der Waals surface area contributed by atoms with Crippen LogP contribution < -0.4 is 10.1 Å². The first kappa shape index (κ1) is 10.8. The topological polar surface area (TPSA) is 47.0 Å². The molecule has 1 fully saturated rings. The zero-order valence-corrected chi connectivity index (χ0v) is 10.0. The molecule has 15 heavy (non-hydrogen) atoms. The van der Waals surface area contributed by atoms with Gasteiger partial charge in [0.15, 0.2) is 0 Å². The fourth-order valence-electron chi connectivity index (χ4n) is 1.28. The summed E-state index contributed by atoms with van der Waals surface area (Å²) in [6.45, 7) is 5.02. The standard InChI is InChI=1S/C10H17N3OS/c1-7(2)11-6-9-12-13-10(15-9)14-8-4-3-5-8/h7-8,11H,3-6H2,1-2H3. The van der Waals surface area contributed by atoms with Gasteiger partial charge in [0, 0.05) is 6.04 Å². The van der Waals surface area contributed by atoms with Crippen molar-refractivity contribution in [3.05, 3.63) is 5.01 Å². The highest BCUT2D eigenvalue weighted by atomic mass is 32.1. The molecule has 2 rings (SSSR count). The van der Waals surface area contributed by atoms with E-state index in [2.05, 4.69) is 29.4 Å². The molecule has 84 valence electrons. The Kier molecular flexibility index (Phi) is 3.53. The Balaban J connectivity index is 1.80. The van der Waals surface area contributed by atoms with Crippen LogP contribution in [-0.2, 0) is 6.54 Å². The molecule has 0 spiro atoms. The summed E-state index contributed by atoms with van der Waals surface area (Å²) in [5.41, 5.74) is 0. The number of hydrogen-bond acceptors (Lipinski definition) is 5. The van der Waals surface area contributed by atoms with E-state index in [-0.39, 0.29) is 0 Å². The number of aromatic nitrogens is 2. The lowest BCUT2D eigenvalue weighted by atomic mass is 9.96. The predicted molar refractivity (Wildman–Crippen MR) is 60.2 cm³/mol. The quantitative estimate of drug-likeness (QED) is 0.835. The van der Waals surface area contributed by atoms with Gasteiger partial charge in [0.25, 0.3) is 5.19 Å². The maximum absolute atomic E-state index is 5.65. The summed E-state index contributed by atoms with van der Waals surface area (Å²) in [6.07, 6.45) is 4.01. The largest absolute Gasteiger partial charge is 0.466 e. The Labute approximate surface area is 94.1 Å². The van der Waals surface area contributed by atoms with Crippen LogP contribution in [0, 0.1) is 0 Å². The van der Waals surface area contributed by atoms with Gasteiger partial charge in [-0.2, -0.15) is 0 Å². The second kappa shape index (κ2) is 4.90. The summed E-state index contributed by atoms with van der Waals surface area (Å²) in [4.78, 5) is 0. The van der Waals surface area contributed by atoms with E-state index < -0.39 is 0 Å². The average molecular weight is 227 g/mol. The van der Waals surface area contributed by atoms with Crippen LogP contribution in [0.3, 0.4) is 0 Å². The molecule has 5 heteroatoms. The Hall–Kier alpha value is -0.680. The lowest BCUT2D eigenvalue weighted by Gasteiger charge is -2.24. The number of hydrogen-bond donors (Lipinski definition) is 1. The van der Waals surface area contributed by atoms with Gasteiger partial charge in [-0.25, -0.2) is 0 Å². The zero-order chi connectivity index (χ0) is 10.7. The highest BCUT2D eigenvalue weighted by molar-refractivity contribution is 7.13. The van der Waals surface area contributed by atoms with Crippen molar-refractivity contribution in [1.29, 1.82) is 0 Å². The minimum atomic E-state index is 0.392. The van der Waals surface area contributed by atoms with Gasteiger partial charge in [-0.05, 0) is 19.3 Å². The summed E-state index contributed by atoms with van der Waals surface area (Å²) in [7, 11) is 0. The molecule has 0 bridgehead atoms. The summed E-state index contributed by atoms with van der Waals surface area (Å²) >= 11 is 1.55. The van der Waals surface area contributed by atoms with Crippen LogP contribution in [0.25, 0.3) is 0 Å². The second-order valence-corrected chi connectivity index (χ2v) is 5.19. The molecule has 1 aromatic heterocycles. The lowest BCUT2D eigenvalue weighted by Crippen LogP contribution is -2.24. The Morgan fingerprint density at radius 1 is 1.47 bits per heavy atom. The normalized spacial score (nSPS) is 16.7. The van der Waals surface area contributed by atoms with Crippen LogP contribution in [0.1, 0.15) is 38.1 Å². The molecule has 1 aliphatic rings. The third kappa shape index (κ3) is 3.14. The third-order valence-corrected chi connectivity index (χ3v) is 3.24. The first-order valence-corrected chi connectivity index (χ1v) is 6.28. The predicted octanol–water partition coefficient (Wildman–Crippen LogP) is 1.97. The molecular formula is C10H17N3OS. The van der Waals surface area contributed by atoms with Gasteiger partial charge in [-0.1, -0.05) is 30.3 Å². The highest BCUT2D eigenvalue weighted by Crippen LogP contribution is 2.27. The van der Waals surface area contributed by atoms with Gasteiger partial charge >= 0.3 is 0 Å². The maximum Gasteiger partial charge on any atom is 0.294 e. The Morgan fingerprint density at radius 2 is 2.27 bits per heavy atom. The highest BCUT2D eigenvalue weighted by Gasteiger charge is 2.20. The number of ether oxygens (including phenoxy) is 1. The molecule has 0 radical (unpaired) electrons. The van der Waals surface area contributed by atoms with Gasteiger partial charge in [-0.15, -0.1) is 5.10 Å². The van der Waals surface area contributed by atoms with Crippen molar-refractivity contribution >= 4 is 11.3 Å². The molecular weight excluding hydrogens is 210 g/mol. The summed E-state index contributed by atoms with van der Waals surface area (Å²) in [5.74, 6) is 0. The molecule has 4 nitrogen and oxygen atoms in total. The van der Waals surface area contributed by atoms with E-state index >= 15 is 0 Å². The Bertz CT molecular complexity index is 309. The molecule has 0 atom stereocenters. The maximum atomic E-state index is 5.65. The molecule has 1 N–H and O–H groups in total. The number of nitrogens with one attached hydrogen (secondary N) is 1. The van der Waals surface area contributed by atoms with Crippen LogP contribution in [0.4, 0.5) is 0 Å². The van der Waals surface area contributed by atoms with E-state index in [1.54, 1.807) is 11.3 Å². The van der Waals surface area contributed by atoms with Crippen molar-refractivity contribution in [3.8, 4) is 5.19 Å². The van der Waals surface area contributed by atoms with Crippen molar-refractivity contribution in [3.63, 3.8) is 0 Å². The summed E-state index contributed by atoms with van der Waals surface area (Å²) < 4.78 is 5.65. The van der Waals surface area contributed by atoms with Crippen LogP contribution in [0.15, 0.2) is 0 Å². The molecule has 0 amide bonds. The molecule has 0 unspecified atom stereocenters. The van der Waals surface area contributed by atoms with E-state index in [1.165, 1.54) is 19.3 Å². The van der Waals surface area contributed by atoms with E-state index in [9.17, 15) is 0 Å². The monoisotopic (exact) mass is 227 g/mol. The average Bonchev–Trinajstić information content (AvgIpc) is 2.56. The van der Waals surface area contributed by atoms with Gasteiger partial charge in [0.1, 0.15) is 11.1 Å². The summed E-state index contributed by atoms with van der Waals surface area (Å²) in [6, 6.07) is 0.477. The van der Waals surface area contributed by atoms with Crippen molar-refractivity contribution in [1.82, 2.24) is 15.5 Å². The molecule has 1 saturated carbocycles. The van der Waals surface area contributed by atoms with E-state index in [1.807, 2.05) is 0 Å². The van der Waals surface area contributed by atoms with Crippen molar-refractivity contribution < 1.29 is 4.74 Å². The van der Waals surface area contributed by atoms with E-state index in [0.717, 1.165) is 16.7 Å². The lowest BCUT2D eigenvalue weighted by molar-refractivity contribution is 0.119. The van der Waals surface area contributed by atoms with Crippen LogP contribution in [-0.4, -0.2) is 22.3 Å². The molecule has 1 aliphatic carbocycles. The van der Waals surface area contributed by atoms with Gasteiger partial charge < -0.3 is 10.1 Å². The van der Waals surface area contributed by atoms with Gasteiger partial charge in [0.05, 0.1) is 6.54 Å². The zero-order valence-electron chi connectivity index (χ0n) is 9.19. The Morgan fingerprint density at radius 3 is 2.87 bits per heavy atom. The molecule has 0 aliphatic heterocycles. The van der Waals surface area contributed by atoms with Crippen molar-refractivity contribution in [2.45, 2.75) is 51.8 Å². The minimum absolute atomic E-state index is 0.392. The number of rotatable bonds is 5. The minimum Gasteiger partial charge on any atom is -0.466 e. The SMILES string of the molecule is CC(C)NCc1nnc(OC2CCC2)s1. The molecule has 0 aromatic carbocycles. The molecule has 1 aromatic rings. The van der Waals surface area contributed by atoms with E-state index in [4.69, 9.17) is 4.74 Å². The van der Waals surface area contributed by atoms with Crippen molar-refractivity contribution in [2.75, 3.05) is 0 Å². The first-order valence-electron chi connectivity index (χ1n) is 5.46. The van der Waals surface area contributed by atoms with Gasteiger partial charge in [-0.3, -0.25) is 0 Å². The van der Waals surface area contributed by atoms with E-state index in [0.29, 0.717) is 12.1 Å². The van der Waals surface area contributed by atoms with Crippen molar-refractivity contribution in [2.24, 2.45) is 0 Å². The van der Waals surface area contributed by atoms with Crippen LogP contribution in [0.5, 0.6) is 5.19 Å². The number of nitrogens with zero attached hydrogens (tertiary/aromatic N) is 2. The smallest absolute Gasteiger partial charge is 0.294 e. The summed E-state index contributed by atoms with van der Waals surface area (Å²) in [5, 5.41) is 13.1. The molecule has 0 saturated heterocycles. The fraction of sp³-hybridized carbons (Fsp3) is 0.800. The van der Waals surface area contributed by atoms with Gasteiger partial charge in [0.2, 0.25) is 0 Å². The third-order valence-electron chi connectivity index (χ3n) is 2.43. The molecule has 1 heterocycles. The van der Waals surface area contributed by atoms with Crippen LogP contribution in [0.2, 0.25) is 0 Å². The van der Waals surface area contributed by atoms with Crippen LogP contribution >= 0.6 is 11.3 Å². The second-order valence-electron chi connectivity index (χ2n) is 4.17. The fourth-order valence-corrected chi connectivity index (χ4v) is 1.98. The first-order chi connectivity index (χ1) is 7.24.